The number of carbonyl (C=O) groups excluding carboxylic acids is 1. The Kier molecular flexibility index (Phi) is 6.98. The van der Waals surface area contributed by atoms with Gasteiger partial charge in [0.1, 0.15) is 0 Å². The van der Waals surface area contributed by atoms with Gasteiger partial charge in [-0.3, -0.25) is 0 Å². The van der Waals surface area contributed by atoms with Gasteiger partial charge in [-0.15, -0.1) is 0 Å². The van der Waals surface area contributed by atoms with E-state index >= 15 is 0 Å². The highest BCUT2D eigenvalue weighted by molar-refractivity contribution is 6.76. The van der Waals surface area contributed by atoms with Crippen molar-refractivity contribution in [3.63, 3.8) is 0 Å². The number of ether oxygens (including phenoxy) is 2. The zero-order chi connectivity index (χ0) is 15.2. The van der Waals surface area contributed by atoms with Crippen LogP contribution < -0.4 is 11.1 Å². The monoisotopic (exact) mass is 302 g/mol. The highest BCUT2D eigenvalue weighted by Crippen LogP contribution is 2.32. The van der Waals surface area contributed by atoms with Gasteiger partial charge in [0, 0.05) is 27.8 Å². The van der Waals surface area contributed by atoms with Crippen molar-refractivity contribution in [2.24, 2.45) is 11.7 Å². The van der Waals surface area contributed by atoms with Crippen LogP contribution >= 0.6 is 0 Å². The highest BCUT2D eigenvalue weighted by Gasteiger charge is 2.30. The van der Waals surface area contributed by atoms with Crippen LogP contribution in [0.3, 0.4) is 0 Å². The van der Waals surface area contributed by atoms with Crippen LogP contribution in [0.5, 0.6) is 0 Å². The van der Waals surface area contributed by atoms with E-state index in [9.17, 15) is 4.79 Å². The molecule has 0 unspecified atom stereocenters. The number of hydrogen-bond donors (Lipinski definition) is 2. The molecule has 0 aromatic heterocycles. The third kappa shape index (κ3) is 7.26. The Morgan fingerprint density at radius 1 is 1.40 bits per heavy atom. The topological polar surface area (TPSA) is 73.6 Å². The predicted molar refractivity (Wildman–Crippen MR) is 83.6 cm³/mol. The molecule has 0 spiro atoms. The summed E-state index contributed by atoms with van der Waals surface area (Å²) in [4.78, 5) is 11.5. The minimum atomic E-state index is -1.14. The molecule has 118 valence electrons. The zero-order valence-corrected chi connectivity index (χ0v) is 14.3. The van der Waals surface area contributed by atoms with Crippen LogP contribution in [0.2, 0.25) is 25.7 Å². The minimum absolute atomic E-state index is 0.00217. The summed E-state index contributed by atoms with van der Waals surface area (Å²) in [6.45, 7) is 7.77. The van der Waals surface area contributed by atoms with E-state index in [0.717, 1.165) is 25.3 Å². The van der Waals surface area contributed by atoms with Crippen molar-refractivity contribution >= 4 is 14.2 Å². The van der Waals surface area contributed by atoms with E-state index in [1.54, 1.807) is 7.11 Å². The second kappa shape index (κ2) is 8.00. The Bertz CT molecular complexity index is 301. The molecule has 0 bridgehead atoms. The summed E-state index contributed by atoms with van der Waals surface area (Å²) in [5.41, 5.74) is 6.01. The van der Waals surface area contributed by atoms with Gasteiger partial charge in [0.2, 0.25) is 0 Å². The van der Waals surface area contributed by atoms with Gasteiger partial charge in [0.25, 0.3) is 0 Å². The summed E-state index contributed by atoms with van der Waals surface area (Å²) >= 11 is 0. The first kappa shape index (κ1) is 17.5. The first-order chi connectivity index (χ1) is 9.30. The van der Waals surface area contributed by atoms with Crippen LogP contribution in [-0.2, 0) is 9.47 Å². The van der Waals surface area contributed by atoms with Crippen molar-refractivity contribution in [2.75, 3.05) is 20.3 Å². The van der Waals surface area contributed by atoms with Crippen molar-refractivity contribution in [1.29, 1.82) is 0 Å². The molecule has 0 aromatic rings. The van der Waals surface area contributed by atoms with Gasteiger partial charge >= 0.3 is 6.09 Å². The lowest BCUT2D eigenvalue weighted by atomic mass is 9.78. The van der Waals surface area contributed by atoms with E-state index in [1.807, 2.05) is 0 Å². The maximum absolute atomic E-state index is 11.5. The highest BCUT2D eigenvalue weighted by atomic mass is 28.3. The molecular formula is C14H30N2O3Si. The normalized spacial score (nSPS) is 23.9. The van der Waals surface area contributed by atoms with Crippen LogP contribution in [0.15, 0.2) is 0 Å². The van der Waals surface area contributed by atoms with Gasteiger partial charge in [-0.2, -0.15) is 0 Å². The molecule has 1 aliphatic rings. The van der Waals surface area contributed by atoms with Crippen LogP contribution in [-0.4, -0.2) is 46.6 Å². The number of rotatable bonds is 8. The van der Waals surface area contributed by atoms with E-state index in [1.165, 1.54) is 0 Å². The van der Waals surface area contributed by atoms with Gasteiger partial charge in [0.15, 0.2) is 0 Å². The summed E-state index contributed by atoms with van der Waals surface area (Å²) in [6.07, 6.45) is 3.18. The maximum Gasteiger partial charge on any atom is 0.407 e. The van der Waals surface area contributed by atoms with Gasteiger partial charge in [-0.1, -0.05) is 19.6 Å². The molecule has 1 aliphatic carbocycles. The Hall–Kier alpha value is -0.593. The number of nitrogens with two attached hydrogens (primary N) is 1. The second-order valence-electron chi connectivity index (χ2n) is 7.02. The Balaban J connectivity index is 2.03. The van der Waals surface area contributed by atoms with Crippen LogP contribution in [0, 0.1) is 5.92 Å². The quantitative estimate of drug-likeness (QED) is 0.674. The van der Waals surface area contributed by atoms with Crippen LogP contribution in [0.4, 0.5) is 4.79 Å². The van der Waals surface area contributed by atoms with Crippen LogP contribution in [0.1, 0.15) is 19.3 Å². The summed E-state index contributed by atoms with van der Waals surface area (Å²) in [5, 5.41) is 2.75. The van der Waals surface area contributed by atoms with Crippen molar-refractivity contribution in [2.45, 2.75) is 57.1 Å². The third-order valence-corrected chi connectivity index (χ3v) is 5.46. The molecule has 1 saturated carbocycles. The van der Waals surface area contributed by atoms with Crippen molar-refractivity contribution < 1.29 is 14.3 Å². The number of nitrogens with one attached hydrogen (secondary N) is 1. The van der Waals surface area contributed by atoms with Crippen LogP contribution in [0.25, 0.3) is 0 Å². The molecule has 20 heavy (non-hydrogen) atoms. The second-order valence-corrected chi connectivity index (χ2v) is 12.6. The summed E-state index contributed by atoms with van der Waals surface area (Å²) in [6, 6.07) is 0.995. The fourth-order valence-electron chi connectivity index (χ4n) is 2.29. The average molecular weight is 302 g/mol. The van der Waals surface area contributed by atoms with Crippen molar-refractivity contribution in [1.82, 2.24) is 5.32 Å². The molecule has 0 radical (unpaired) electrons. The SMILES string of the molecule is COC1CC(C[C@H](N)CNC(=O)OCC[Si](C)(C)C)C1. The predicted octanol–water partition coefficient (Wildman–Crippen LogP) is 2.19. The number of alkyl carbamates (subject to hydrolysis) is 1. The van der Waals surface area contributed by atoms with Gasteiger partial charge < -0.3 is 20.5 Å². The molecule has 5 nitrogen and oxygen atoms in total. The standard InChI is InChI=1S/C14H30N2O3Si/c1-18-13-8-11(9-13)7-12(15)10-16-14(17)19-5-6-20(2,3)4/h11-13H,5-10,15H2,1-4H3,(H,16,17)/t11?,12-,13?/m0/s1. The molecule has 0 saturated heterocycles. The maximum atomic E-state index is 11.5. The molecule has 1 fully saturated rings. The van der Waals surface area contributed by atoms with E-state index in [4.69, 9.17) is 15.2 Å². The lowest BCUT2D eigenvalue weighted by molar-refractivity contribution is -0.00352. The fourth-order valence-corrected chi connectivity index (χ4v) is 3.00. The van der Waals surface area contributed by atoms with E-state index in [-0.39, 0.29) is 12.1 Å². The van der Waals surface area contributed by atoms with Gasteiger partial charge in [-0.05, 0) is 31.2 Å². The largest absolute Gasteiger partial charge is 0.450 e. The summed E-state index contributed by atoms with van der Waals surface area (Å²) in [7, 11) is 0.609. The summed E-state index contributed by atoms with van der Waals surface area (Å²) in [5.74, 6) is 0.639. The number of hydrogen-bond acceptors (Lipinski definition) is 4. The minimum Gasteiger partial charge on any atom is -0.450 e. The number of methoxy groups -OCH3 is 1. The number of amides is 1. The Morgan fingerprint density at radius 2 is 2.05 bits per heavy atom. The van der Waals surface area contributed by atoms with Gasteiger partial charge in [0.05, 0.1) is 12.7 Å². The van der Waals surface area contributed by atoms with E-state index in [2.05, 4.69) is 25.0 Å². The molecule has 0 aliphatic heterocycles. The third-order valence-electron chi connectivity index (χ3n) is 3.76. The summed E-state index contributed by atoms with van der Waals surface area (Å²) < 4.78 is 10.4. The molecule has 1 amide bonds. The first-order valence-electron chi connectivity index (χ1n) is 7.49. The average Bonchev–Trinajstić information content (AvgIpc) is 2.29. The lowest BCUT2D eigenvalue weighted by Gasteiger charge is -2.35. The fraction of sp³-hybridized carbons (Fsp3) is 0.929. The molecule has 1 rings (SSSR count). The van der Waals surface area contributed by atoms with E-state index < -0.39 is 8.07 Å². The lowest BCUT2D eigenvalue weighted by Crippen LogP contribution is -2.42. The molecular weight excluding hydrogens is 272 g/mol. The molecule has 0 heterocycles. The molecule has 0 aromatic carbocycles. The molecule has 3 N–H and O–H groups in total. The van der Waals surface area contributed by atoms with E-state index in [0.29, 0.717) is 25.2 Å². The Labute approximate surface area is 123 Å². The molecule has 1 atom stereocenters. The Morgan fingerprint density at radius 3 is 2.60 bits per heavy atom. The van der Waals surface area contributed by atoms with Crippen molar-refractivity contribution in [3.8, 4) is 0 Å². The first-order valence-corrected chi connectivity index (χ1v) is 11.2. The van der Waals surface area contributed by atoms with Gasteiger partial charge in [-0.25, -0.2) is 4.79 Å². The zero-order valence-electron chi connectivity index (χ0n) is 13.3. The smallest absolute Gasteiger partial charge is 0.407 e. The van der Waals surface area contributed by atoms with Crippen molar-refractivity contribution in [3.05, 3.63) is 0 Å². The number of carbonyl (C=O) groups is 1. The molecule has 6 heteroatoms.